The van der Waals surface area contributed by atoms with E-state index in [0.717, 1.165) is 32.1 Å². The third-order valence-electron chi connectivity index (χ3n) is 2.94. The fraction of sp³-hybridized carbons (Fsp3) is 0.846. The molecule has 0 heterocycles. The van der Waals surface area contributed by atoms with E-state index in [-0.39, 0.29) is 18.1 Å². The zero-order valence-corrected chi connectivity index (χ0v) is 11.0. The lowest BCUT2D eigenvalue weighted by atomic mass is 9.83. The van der Waals surface area contributed by atoms with E-state index in [1.807, 2.05) is 20.8 Å². The number of hydrogen-bond acceptors (Lipinski definition) is 3. The molecule has 96 valence electrons. The summed E-state index contributed by atoms with van der Waals surface area (Å²) in [5, 5.41) is 12.0. The Labute approximate surface area is 103 Å². The standard InChI is InChI=1S/C13H22N2O2/c1-12(2,3)17-9-11(16)15-13(10-14)7-5-4-6-8-13/h4-9H2,1-3H3,(H,15,16). The monoisotopic (exact) mass is 238 g/mol. The fourth-order valence-electron chi connectivity index (χ4n) is 2.01. The number of nitrogens with zero attached hydrogens (tertiary/aromatic N) is 1. The van der Waals surface area contributed by atoms with Gasteiger partial charge in [0.1, 0.15) is 12.1 Å². The van der Waals surface area contributed by atoms with Crippen LogP contribution in [0.3, 0.4) is 0 Å². The molecule has 1 amide bonds. The molecule has 1 saturated carbocycles. The summed E-state index contributed by atoms with van der Waals surface area (Å²) < 4.78 is 5.40. The Bertz CT molecular complexity index is 306. The van der Waals surface area contributed by atoms with E-state index in [1.165, 1.54) is 0 Å². The zero-order valence-electron chi connectivity index (χ0n) is 11.0. The first-order valence-corrected chi connectivity index (χ1v) is 6.23. The van der Waals surface area contributed by atoms with Crippen LogP contribution in [0.25, 0.3) is 0 Å². The molecule has 0 radical (unpaired) electrons. The van der Waals surface area contributed by atoms with Crippen LogP contribution in [0.1, 0.15) is 52.9 Å². The largest absolute Gasteiger partial charge is 0.366 e. The van der Waals surface area contributed by atoms with Gasteiger partial charge in [-0.25, -0.2) is 0 Å². The maximum absolute atomic E-state index is 11.7. The Hall–Kier alpha value is -1.08. The van der Waals surface area contributed by atoms with Gasteiger partial charge in [0.2, 0.25) is 5.91 Å². The van der Waals surface area contributed by atoms with Gasteiger partial charge in [-0.1, -0.05) is 19.3 Å². The van der Waals surface area contributed by atoms with Crippen molar-refractivity contribution in [1.82, 2.24) is 5.32 Å². The van der Waals surface area contributed by atoms with Crippen LogP contribution in [0.2, 0.25) is 0 Å². The van der Waals surface area contributed by atoms with Gasteiger partial charge < -0.3 is 10.1 Å². The lowest BCUT2D eigenvalue weighted by Gasteiger charge is -2.32. The lowest BCUT2D eigenvalue weighted by molar-refractivity contribution is -0.132. The fourth-order valence-corrected chi connectivity index (χ4v) is 2.01. The van der Waals surface area contributed by atoms with Crippen molar-refractivity contribution in [1.29, 1.82) is 5.26 Å². The highest BCUT2D eigenvalue weighted by Crippen LogP contribution is 2.27. The van der Waals surface area contributed by atoms with Crippen molar-refractivity contribution < 1.29 is 9.53 Å². The molecule has 0 bridgehead atoms. The Morgan fingerprint density at radius 1 is 1.35 bits per heavy atom. The Balaban J connectivity index is 2.46. The highest BCUT2D eigenvalue weighted by Gasteiger charge is 2.33. The Kier molecular flexibility index (Phi) is 4.53. The van der Waals surface area contributed by atoms with Crippen LogP contribution >= 0.6 is 0 Å². The third kappa shape index (κ3) is 4.74. The molecule has 17 heavy (non-hydrogen) atoms. The van der Waals surface area contributed by atoms with E-state index in [2.05, 4.69) is 11.4 Å². The summed E-state index contributed by atoms with van der Waals surface area (Å²) in [5.41, 5.74) is -0.986. The molecule has 1 N–H and O–H groups in total. The van der Waals surface area contributed by atoms with Crippen LogP contribution in [0, 0.1) is 11.3 Å². The first-order chi connectivity index (χ1) is 7.87. The molecule has 0 aliphatic heterocycles. The quantitative estimate of drug-likeness (QED) is 0.819. The second-order valence-corrected chi connectivity index (χ2v) is 5.70. The normalized spacial score (nSPS) is 19.4. The van der Waals surface area contributed by atoms with Gasteiger partial charge in [0.15, 0.2) is 0 Å². The van der Waals surface area contributed by atoms with Crippen molar-refractivity contribution in [3.63, 3.8) is 0 Å². The van der Waals surface area contributed by atoms with E-state index in [1.54, 1.807) is 0 Å². The molecule has 0 spiro atoms. The molecule has 0 aromatic rings. The minimum atomic E-state index is -0.656. The topological polar surface area (TPSA) is 62.1 Å². The van der Waals surface area contributed by atoms with Crippen molar-refractivity contribution >= 4 is 5.91 Å². The maximum Gasteiger partial charge on any atom is 0.247 e. The summed E-state index contributed by atoms with van der Waals surface area (Å²) in [6, 6.07) is 2.26. The van der Waals surface area contributed by atoms with Crippen molar-refractivity contribution in [3.05, 3.63) is 0 Å². The SMILES string of the molecule is CC(C)(C)OCC(=O)NC1(C#N)CCCCC1. The third-order valence-corrected chi connectivity index (χ3v) is 2.94. The molecular weight excluding hydrogens is 216 g/mol. The smallest absolute Gasteiger partial charge is 0.247 e. The summed E-state index contributed by atoms with van der Waals surface area (Å²) in [6.45, 7) is 5.73. The molecule has 0 aromatic carbocycles. The van der Waals surface area contributed by atoms with Gasteiger partial charge in [0.05, 0.1) is 11.7 Å². The molecule has 0 saturated heterocycles. The predicted octanol–water partition coefficient (Wildman–Crippen LogP) is 2.14. The second-order valence-electron chi connectivity index (χ2n) is 5.70. The molecule has 0 aromatic heterocycles. The average Bonchev–Trinajstić information content (AvgIpc) is 2.27. The number of rotatable bonds is 3. The van der Waals surface area contributed by atoms with Gasteiger partial charge in [-0.2, -0.15) is 5.26 Å². The van der Waals surface area contributed by atoms with E-state index in [0.29, 0.717) is 0 Å². The molecule has 0 unspecified atom stereocenters. The van der Waals surface area contributed by atoms with E-state index in [4.69, 9.17) is 4.74 Å². The Morgan fingerprint density at radius 3 is 2.41 bits per heavy atom. The number of hydrogen-bond donors (Lipinski definition) is 1. The van der Waals surface area contributed by atoms with Crippen molar-refractivity contribution in [2.75, 3.05) is 6.61 Å². The van der Waals surface area contributed by atoms with Gasteiger partial charge in [-0.15, -0.1) is 0 Å². The number of nitrogens with one attached hydrogen (secondary N) is 1. The first-order valence-electron chi connectivity index (χ1n) is 6.23. The van der Waals surface area contributed by atoms with Gasteiger partial charge >= 0.3 is 0 Å². The molecule has 1 rings (SSSR count). The van der Waals surface area contributed by atoms with Gasteiger partial charge in [-0.3, -0.25) is 4.79 Å². The summed E-state index contributed by atoms with van der Waals surface area (Å²) in [6.07, 6.45) is 4.68. The first kappa shape index (κ1) is 14.0. The van der Waals surface area contributed by atoms with Crippen molar-refractivity contribution in [2.45, 2.75) is 64.0 Å². The summed E-state index contributed by atoms with van der Waals surface area (Å²) in [7, 11) is 0. The number of nitriles is 1. The Morgan fingerprint density at radius 2 is 1.94 bits per heavy atom. The van der Waals surface area contributed by atoms with Crippen LogP contribution in [0.5, 0.6) is 0 Å². The molecule has 1 aliphatic carbocycles. The number of carbonyl (C=O) groups excluding carboxylic acids is 1. The summed E-state index contributed by atoms with van der Waals surface area (Å²) >= 11 is 0. The van der Waals surface area contributed by atoms with Gasteiger partial charge in [0.25, 0.3) is 0 Å². The molecule has 4 heteroatoms. The van der Waals surface area contributed by atoms with Crippen LogP contribution < -0.4 is 5.32 Å². The van der Waals surface area contributed by atoms with Crippen LogP contribution in [0.4, 0.5) is 0 Å². The number of carbonyl (C=O) groups is 1. The highest BCUT2D eigenvalue weighted by molar-refractivity contribution is 5.78. The molecule has 1 aliphatic rings. The molecule has 4 nitrogen and oxygen atoms in total. The molecule has 0 atom stereocenters. The number of ether oxygens (including phenoxy) is 1. The summed E-state index contributed by atoms with van der Waals surface area (Å²) in [5.74, 6) is -0.191. The van der Waals surface area contributed by atoms with Gasteiger partial charge in [-0.05, 0) is 33.6 Å². The average molecular weight is 238 g/mol. The van der Waals surface area contributed by atoms with E-state index < -0.39 is 5.54 Å². The van der Waals surface area contributed by atoms with Gasteiger partial charge in [0, 0.05) is 0 Å². The molecular formula is C13H22N2O2. The predicted molar refractivity (Wildman–Crippen MR) is 65.3 cm³/mol. The maximum atomic E-state index is 11.7. The number of amides is 1. The zero-order chi connectivity index (χ0) is 12.9. The van der Waals surface area contributed by atoms with E-state index in [9.17, 15) is 10.1 Å². The summed E-state index contributed by atoms with van der Waals surface area (Å²) in [4.78, 5) is 11.7. The van der Waals surface area contributed by atoms with Crippen molar-refractivity contribution in [2.24, 2.45) is 0 Å². The van der Waals surface area contributed by atoms with Crippen LogP contribution in [-0.2, 0) is 9.53 Å². The van der Waals surface area contributed by atoms with E-state index >= 15 is 0 Å². The lowest BCUT2D eigenvalue weighted by Crippen LogP contribution is -2.50. The van der Waals surface area contributed by atoms with Crippen LogP contribution in [0.15, 0.2) is 0 Å². The highest BCUT2D eigenvalue weighted by atomic mass is 16.5. The van der Waals surface area contributed by atoms with Crippen LogP contribution in [-0.4, -0.2) is 23.7 Å². The minimum Gasteiger partial charge on any atom is -0.366 e. The molecule has 1 fully saturated rings. The minimum absolute atomic E-state index is 0.0208. The van der Waals surface area contributed by atoms with Crippen molar-refractivity contribution in [3.8, 4) is 6.07 Å². The second kappa shape index (κ2) is 5.50.